The Morgan fingerprint density at radius 2 is 1.79 bits per heavy atom. The summed E-state index contributed by atoms with van der Waals surface area (Å²) in [5, 5.41) is 10.7. The Kier molecular flexibility index (Phi) is 5.86. The summed E-state index contributed by atoms with van der Waals surface area (Å²) in [7, 11) is 3.45. The van der Waals surface area contributed by atoms with Crippen molar-refractivity contribution in [3.8, 4) is 0 Å². The standard InChI is InChI=1S/C16H22N4O4/c1-17(2)15(21)12-18-8-3-9-19(11-10-18)16(22)13-4-6-14(7-5-13)20(23)24/h4-7H,3,8-12H2,1-2H3. The molecule has 8 heteroatoms. The molecule has 1 saturated heterocycles. The van der Waals surface area contributed by atoms with Crippen LogP contribution in [0, 0.1) is 10.1 Å². The second kappa shape index (κ2) is 7.87. The molecule has 0 unspecified atom stereocenters. The average molecular weight is 334 g/mol. The van der Waals surface area contributed by atoms with Gasteiger partial charge in [0.1, 0.15) is 0 Å². The van der Waals surface area contributed by atoms with Crippen molar-refractivity contribution < 1.29 is 14.5 Å². The Morgan fingerprint density at radius 3 is 2.38 bits per heavy atom. The van der Waals surface area contributed by atoms with E-state index in [0.717, 1.165) is 13.0 Å². The zero-order valence-corrected chi connectivity index (χ0v) is 14.0. The van der Waals surface area contributed by atoms with Crippen molar-refractivity contribution in [1.29, 1.82) is 0 Å². The SMILES string of the molecule is CN(C)C(=O)CN1CCCN(C(=O)c2ccc([N+](=O)[O-])cc2)CC1. The van der Waals surface area contributed by atoms with Gasteiger partial charge in [-0.1, -0.05) is 0 Å². The first-order valence-corrected chi connectivity index (χ1v) is 7.84. The lowest BCUT2D eigenvalue weighted by atomic mass is 10.2. The predicted octanol–water partition coefficient (Wildman–Crippen LogP) is 0.831. The number of likely N-dealkylation sites (N-methyl/N-ethyl adjacent to an activating group) is 1. The fourth-order valence-electron chi connectivity index (χ4n) is 2.57. The number of rotatable bonds is 4. The molecule has 8 nitrogen and oxygen atoms in total. The quantitative estimate of drug-likeness (QED) is 0.601. The van der Waals surface area contributed by atoms with E-state index in [0.29, 0.717) is 31.7 Å². The molecule has 130 valence electrons. The highest BCUT2D eigenvalue weighted by molar-refractivity contribution is 5.94. The van der Waals surface area contributed by atoms with E-state index in [9.17, 15) is 19.7 Å². The van der Waals surface area contributed by atoms with Crippen LogP contribution in [0.5, 0.6) is 0 Å². The zero-order chi connectivity index (χ0) is 17.7. The van der Waals surface area contributed by atoms with Gasteiger partial charge in [0.05, 0.1) is 11.5 Å². The Labute approximate surface area is 140 Å². The number of nitro groups is 1. The van der Waals surface area contributed by atoms with Gasteiger partial charge in [-0.2, -0.15) is 0 Å². The molecule has 0 spiro atoms. The topological polar surface area (TPSA) is 87.0 Å². The molecule has 1 fully saturated rings. The number of nitro benzene ring substituents is 1. The minimum Gasteiger partial charge on any atom is -0.348 e. The van der Waals surface area contributed by atoms with Gasteiger partial charge < -0.3 is 9.80 Å². The molecule has 0 N–H and O–H groups in total. The molecule has 1 heterocycles. The maximum atomic E-state index is 12.5. The van der Waals surface area contributed by atoms with E-state index in [4.69, 9.17) is 0 Å². The molecule has 0 bridgehead atoms. The van der Waals surface area contributed by atoms with Crippen molar-refractivity contribution in [1.82, 2.24) is 14.7 Å². The molecule has 24 heavy (non-hydrogen) atoms. The summed E-state index contributed by atoms with van der Waals surface area (Å²) < 4.78 is 0. The third-order valence-corrected chi connectivity index (χ3v) is 4.06. The molecular weight excluding hydrogens is 312 g/mol. The second-order valence-corrected chi connectivity index (χ2v) is 6.01. The predicted molar refractivity (Wildman–Crippen MR) is 88.8 cm³/mol. The average Bonchev–Trinajstić information content (AvgIpc) is 2.79. The first kappa shape index (κ1) is 17.9. The number of hydrogen-bond donors (Lipinski definition) is 0. The van der Waals surface area contributed by atoms with Crippen LogP contribution >= 0.6 is 0 Å². The molecule has 0 saturated carbocycles. The fourth-order valence-corrected chi connectivity index (χ4v) is 2.57. The lowest BCUT2D eigenvalue weighted by Crippen LogP contribution is -2.39. The number of amides is 2. The highest BCUT2D eigenvalue weighted by atomic mass is 16.6. The van der Waals surface area contributed by atoms with Crippen LogP contribution in [0.4, 0.5) is 5.69 Å². The summed E-state index contributed by atoms with van der Waals surface area (Å²) in [5.41, 5.74) is 0.411. The van der Waals surface area contributed by atoms with E-state index < -0.39 is 4.92 Å². The van der Waals surface area contributed by atoms with E-state index in [1.54, 1.807) is 23.9 Å². The van der Waals surface area contributed by atoms with Crippen LogP contribution in [0.3, 0.4) is 0 Å². The maximum absolute atomic E-state index is 12.5. The van der Waals surface area contributed by atoms with E-state index in [2.05, 4.69) is 0 Å². The molecule has 0 aliphatic carbocycles. The van der Waals surface area contributed by atoms with Crippen molar-refractivity contribution in [3.05, 3.63) is 39.9 Å². The van der Waals surface area contributed by atoms with Gasteiger partial charge in [0.15, 0.2) is 0 Å². The number of hydrogen-bond acceptors (Lipinski definition) is 5. The summed E-state index contributed by atoms with van der Waals surface area (Å²) in [4.78, 5) is 39.9. The molecular formula is C16H22N4O4. The molecule has 1 aromatic rings. The first-order chi connectivity index (χ1) is 11.4. The van der Waals surface area contributed by atoms with Crippen LogP contribution in [0.25, 0.3) is 0 Å². The Morgan fingerprint density at radius 1 is 1.12 bits per heavy atom. The molecule has 1 aliphatic rings. The van der Waals surface area contributed by atoms with Crippen molar-refractivity contribution in [2.75, 3.05) is 46.8 Å². The van der Waals surface area contributed by atoms with Crippen LogP contribution in [0.15, 0.2) is 24.3 Å². The summed E-state index contributed by atoms with van der Waals surface area (Å²) in [6, 6.07) is 5.65. The minimum absolute atomic E-state index is 0.0317. The Hall–Kier alpha value is -2.48. The van der Waals surface area contributed by atoms with E-state index in [-0.39, 0.29) is 17.5 Å². The van der Waals surface area contributed by atoms with Gasteiger partial charge in [-0.05, 0) is 18.6 Å². The normalized spacial score (nSPS) is 15.7. The molecule has 0 aromatic heterocycles. The zero-order valence-electron chi connectivity index (χ0n) is 14.0. The third kappa shape index (κ3) is 4.51. The number of benzene rings is 1. The summed E-state index contributed by atoms with van der Waals surface area (Å²) in [6.07, 6.45) is 0.791. The van der Waals surface area contributed by atoms with Gasteiger partial charge in [-0.25, -0.2) is 0 Å². The summed E-state index contributed by atoms with van der Waals surface area (Å²) in [5.74, 6) is -0.0872. The minimum atomic E-state index is -0.486. The lowest BCUT2D eigenvalue weighted by molar-refractivity contribution is -0.384. The van der Waals surface area contributed by atoms with Gasteiger partial charge in [0.25, 0.3) is 11.6 Å². The Balaban J connectivity index is 1.96. The van der Waals surface area contributed by atoms with Crippen LogP contribution < -0.4 is 0 Å². The summed E-state index contributed by atoms with van der Waals surface area (Å²) in [6.45, 7) is 2.91. The maximum Gasteiger partial charge on any atom is 0.269 e. The van der Waals surface area contributed by atoms with Gasteiger partial charge in [-0.3, -0.25) is 24.6 Å². The monoisotopic (exact) mass is 334 g/mol. The fraction of sp³-hybridized carbons (Fsp3) is 0.500. The van der Waals surface area contributed by atoms with Crippen LogP contribution in [-0.2, 0) is 4.79 Å². The highest BCUT2D eigenvalue weighted by Gasteiger charge is 2.22. The second-order valence-electron chi connectivity index (χ2n) is 6.01. The Bertz CT molecular complexity index is 615. The van der Waals surface area contributed by atoms with Gasteiger partial charge in [0.2, 0.25) is 5.91 Å². The first-order valence-electron chi connectivity index (χ1n) is 7.84. The van der Waals surface area contributed by atoms with Gasteiger partial charge >= 0.3 is 0 Å². The van der Waals surface area contributed by atoms with Crippen LogP contribution in [0.1, 0.15) is 16.8 Å². The van der Waals surface area contributed by atoms with E-state index in [1.807, 2.05) is 4.90 Å². The smallest absolute Gasteiger partial charge is 0.269 e. The number of carbonyl (C=O) groups excluding carboxylic acids is 2. The lowest BCUT2D eigenvalue weighted by Gasteiger charge is -2.22. The number of carbonyl (C=O) groups is 2. The van der Waals surface area contributed by atoms with Crippen molar-refractivity contribution >= 4 is 17.5 Å². The van der Waals surface area contributed by atoms with Crippen molar-refractivity contribution in [2.45, 2.75) is 6.42 Å². The number of nitrogens with zero attached hydrogens (tertiary/aromatic N) is 4. The number of non-ortho nitro benzene ring substituents is 1. The van der Waals surface area contributed by atoms with Crippen molar-refractivity contribution in [2.24, 2.45) is 0 Å². The molecule has 0 atom stereocenters. The molecule has 1 aromatic carbocycles. The van der Waals surface area contributed by atoms with Crippen LogP contribution in [-0.4, -0.2) is 78.3 Å². The largest absolute Gasteiger partial charge is 0.348 e. The molecule has 0 radical (unpaired) electrons. The molecule has 2 amide bonds. The molecule has 1 aliphatic heterocycles. The van der Waals surface area contributed by atoms with E-state index in [1.165, 1.54) is 24.3 Å². The third-order valence-electron chi connectivity index (χ3n) is 4.06. The van der Waals surface area contributed by atoms with Gasteiger partial charge in [0, 0.05) is 58.0 Å². The molecule has 2 rings (SSSR count). The van der Waals surface area contributed by atoms with Gasteiger partial charge in [-0.15, -0.1) is 0 Å². The van der Waals surface area contributed by atoms with Crippen molar-refractivity contribution in [3.63, 3.8) is 0 Å². The highest BCUT2D eigenvalue weighted by Crippen LogP contribution is 2.14. The van der Waals surface area contributed by atoms with E-state index >= 15 is 0 Å². The summed E-state index contributed by atoms with van der Waals surface area (Å²) >= 11 is 0. The van der Waals surface area contributed by atoms with Crippen LogP contribution in [0.2, 0.25) is 0 Å².